The Morgan fingerprint density at radius 1 is 1.44 bits per heavy atom. The zero-order chi connectivity index (χ0) is 11.5. The van der Waals surface area contributed by atoms with Crippen LogP contribution in [-0.4, -0.2) is 25.7 Å². The standard InChI is InChI=1S/C12H15FN2O/c1-14-4-3-8-7-15-11-6-10(13)12(16-2)5-9(8)11/h5-7,14-15H,3-4H2,1-2H3. The number of H-pyrrole nitrogens is 1. The summed E-state index contributed by atoms with van der Waals surface area (Å²) in [5.74, 6) is -0.0465. The molecule has 0 spiro atoms. The summed E-state index contributed by atoms with van der Waals surface area (Å²) in [5.41, 5.74) is 1.98. The van der Waals surface area contributed by atoms with Gasteiger partial charge in [-0.1, -0.05) is 0 Å². The Labute approximate surface area is 93.6 Å². The summed E-state index contributed by atoms with van der Waals surface area (Å²) in [6.07, 6.45) is 2.83. The van der Waals surface area contributed by atoms with Crippen LogP contribution in [-0.2, 0) is 6.42 Å². The molecular formula is C12H15FN2O. The Bertz CT molecular complexity index is 493. The highest BCUT2D eigenvalue weighted by Crippen LogP contribution is 2.26. The van der Waals surface area contributed by atoms with Gasteiger partial charge < -0.3 is 15.0 Å². The number of likely N-dealkylation sites (N-methyl/N-ethyl adjacent to an activating group) is 1. The number of ether oxygens (including phenoxy) is 1. The second kappa shape index (κ2) is 4.53. The van der Waals surface area contributed by atoms with E-state index in [1.807, 2.05) is 13.2 Å². The normalized spacial score (nSPS) is 10.9. The monoisotopic (exact) mass is 222 g/mol. The molecule has 0 bridgehead atoms. The number of rotatable bonds is 4. The molecule has 1 aromatic heterocycles. The molecule has 0 unspecified atom stereocenters. The number of benzene rings is 1. The van der Waals surface area contributed by atoms with Gasteiger partial charge in [-0.3, -0.25) is 0 Å². The topological polar surface area (TPSA) is 37.0 Å². The second-order valence-corrected chi connectivity index (χ2v) is 3.70. The third-order valence-corrected chi connectivity index (χ3v) is 2.68. The molecule has 2 aromatic rings. The van der Waals surface area contributed by atoms with Crippen molar-refractivity contribution in [2.75, 3.05) is 20.7 Å². The number of aromatic nitrogens is 1. The van der Waals surface area contributed by atoms with Crippen molar-refractivity contribution in [2.24, 2.45) is 0 Å². The van der Waals surface area contributed by atoms with Gasteiger partial charge in [0.1, 0.15) is 0 Å². The summed E-state index contributed by atoms with van der Waals surface area (Å²) in [6, 6.07) is 3.21. The van der Waals surface area contributed by atoms with Crippen molar-refractivity contribution in [1.29, 1.82) is 0 Å². The Morgan fingerprint density at radius 2 is 2.25 bits per heavy atom. The molecule has 2 N–H and O–H groups in total. The van der Waals surface area contributed by atoms with Gasteiger partial charge in [0.2, 0.25) is 0 Å². The minimum absolute atomic E-state index is 0.290. The van der Waals surface area contributed by atoms with Gasteiger partial charge in [0.15, 0.2) is 11.6 Å². The molecule has 0 aliphatic carbocycles. The van der Waals surface area contributed by atoms with E-state index in [-0.39, 0.29) is 11.6 Å². The van der Waals surface area contributed by atoms with Crippen LogP contribution < -0.4 is 10.1 Å². The molecule has 0 fully saturated rings. The van der Waals surface area contributed by atoms with Crippen LogP contribution in [0.25, 0.3) is 10.9 Å². The Hall–Kier alpha value is -1.55. The zero-order valence-corrected chi connectivity index (χ0v) is 9.43. The maximum absolute atomic E-state index is 13.4. The van der Waals surface area contributed by atoms with E-state index in [2.05, 4.69) is 10.3 Å². The van der Waals surface area contributed by atoms with Crippen molar-refractivity contribution in [3.8, 4) is 5.75 Å². The third kappa shape index (κ3) is 1.88. The number of halogens is 1. The number of aromatic amines is 1. The quantitative estimate of drug-likeness (QED) is 0.831. The molecule has 1 heterocycles. The maximum Gasteiger partial charge on any atom is 0.167 e. The Kier molecular flexibility index (Phi) is 3.10. The molecule has 0 saturated carbocycles. The first-order chi connectivity index (χ1) is 7.76. The summed E-state index contributed by atoms with van der Waals surface area (Å²) in [6.45, 7) is 0.895. The van der Waals surface area contributed by atoms with Crippen LogP contribution in [0.4, 0.5) is 4.39 Å². The lowest BCUT2D eigenvalue weighted by Crippen LogP contribution is -2.09. The molecule has 2 rings (SSSR count). The highest BCUT2D eigenvalue weighted by Gasteiger charge is 2.09. The highest BCUT2D eigenvalue weighted by atomic mass is 19.1. The molecular weight excluding hydrogens is 207 g/mol. The van der Waals surface area contributed by atoms with Crippen molar-refractivity contribution in [1.82, 2.24) is 10.3 Å². The van der Waals surface area contributed by atoms with Crippen molar-refractivity contribution in [2.45, 2.75) is 6.42 Å². The van der Waals surface area contributed by atoms with E-state index in [0.29, 0.717) is 0 Å². The minimum Gasteiger partial charge on any atom is -0.494 e. The van der Waals surface area contributed by atoms with Gasteiger partial charge in [0.05, 0.1) is 7.11 Å². The maximum atomic E-state index is 13.4. The van der Waals surface area contributed by atoms with Crippen molar-refractivity contribution in [3.63, 3.8) is 0 Å². The fourth-order valence-electron chi connectivity index (χ4n) is 1.80. The van der Waals surface area contributed by atoms with E-state index in [0.717, 1.165) is 23.9 Å². The number of methoxy groups -OCH3 is 1. The lowest BCUT2D eigenvalue weighted by Gasteiger charge is -2.03. The number of fused-ring (bicyclic) bond motifs is 1. The van der Waals surface area contributed by atoms with E-state index in [1.54, 1.807) is 6.07 Å². The van der Waals surface area contributed by atoms with Crippen LogP contribution in [0.2, 0.25) is 0 Å². The van der Waals surface area contributed by atoms with Gasteiger partial charge in [0, 0.05) is 23.2 Å². The van der Waals surface area contributed by atoms with Gasteiger partial charge >= 0.3 is 0 Å². The molecule has 4 heteroatoms. The van der Waals surface area contributed by atoms with E-state index >= 15 is 0 Å². The van der Waals surface area contributed by atoms with Gasteiger partial charge in [-0.25, -0.2) is 4.39 Å². The van der Waals surface area contributed by atoms with Gasteiger partial charge in [-0.2, -0.15) is 0 Å². The van der Waals surface area contributed by atoms with Crippen LogP contribution in [0.15, 0.2) is 18.3 Å². The fourth-order valence-corrected chi connectivity index (χ4v) is 1.80. The average Bonchev–Trinajstić information content (AvgIpc) is 2.67. The summed E-state index contributed by atoms with van der Waals surface area (Å²) in [5, 5.41) is 4.11. The van der Waals surface area contributed by atoms with Crippen LogP contribution in [0.5, 0.6) is 5.75 Å². The molecule has 0 radical (unpaired) electrons. The molecule has 0 atom stereocenters. The second-order valence-electron chi connectivity index (χ2n) is 3.70. The zero-order valence-electron chi connectivity index (χ0n) is 9.43. The van der Waals surface area contributed by atoms with Crippen LogP contribution in [0, 0.1) is 5.82 Å². The molecule has 3 nitrogen and oxygen atoms in total. The molecule has 16 heavy (non-hydrogen) atoms. The van der Waals surface area contributed by atoms with Crippen molar-refractivity contribution < 1.29 is 9.13 Å². The SMILES string of the molecule is CNCCc1c[nH]c2cc(F)c(OC)cc12. The van der Waals surface area contributed by atoms with Crippen LogP contribution in [0.3, 0.4) is 0 Å². The predicted octanol–water partition coefficient (Wildman–Crippen LogP) is 2.08. The molecule has 0 aliphatic heterocycles. The largest absolute Gasteiger partial charge is 0.494 e. The number of hydrogen-bond acceptors (Lipinski definition) is 2. The lowest BCUT2D eigenvalue weighted by atomic mass is 10.1. The van der Waals surface area contributed by atoms with Crippen molar-refractivity contribution in [3.05, 3.63) is 29.7 Å². The summed E-state index contributed by atoms with van der Waals surface area (Å²) in [4.78, 5) is 3.07. The van der Waals surface area contributed by atoms with E-state index < -0.39 is 0 Å². The number of nitrogens with one attached hydrogen (secondary N) is 2. The first kappa shape index (κ1) is 11.0. The smallest absolute Gasteiger partial charge is 0.167 e. The van der Waals surface area contributed by atoms with Crippen LogP contribution in [0.1, 0.15) is 5.56 Å². The van der Waals surface area contributed by atoms with Gasteiger partial charge in [-0.05, 0) is 31.6 Å². The predicted molar refractivity (Wildman–Crippen MR) is 62.4 cm³/mol. The molecule has 0 aliphatic rings. The van der Waals surface area contributed by atoms with Crippen molar-refractivity contribution >= 4 is 10.9 Å². The fraction of sp³-hybridized carbons (Fsp3) is 0.333. The molecule has 86 valence electrons. The first-order valence-electron chi connectivity index (χ1n) is 5.24. The first-order valence-corrected chi connectivity index (χ1v) is 5.24. The lowest BCUT2D eigenvalue weighted by molar-refractivity contribution is 0.387. The van der Waals surface area contributed by atoms with Gasteiger partial charge in [0.25, 0.3) is 0 Å². The molecule has 0 saturated heterocycles. The van der Waals surface area contributed by atoms with E-state index in [4.69, 9.17) is 4.74 Å². The highest BCUT2D eigenvalue weighted by molar-refractivity contribution is 5.84. The van der Waals surface area contributed by atoms with E-state index in [1.165, 1.54) is 18.7 Å². The Morgan fingerprint density at radius 3 is 2.94 bits per heavy atom. The summed E-state index contributed by atoms with van der Waals surface area (Å²) in [7, 11) is 3.39. The summed E-state index contributed by atoms with van der Waals surface area (Å²) < 4.78 is 18.4. The number of hydrogen-bond donors (Lipinski definition) is 2. The minimum atomic E-state index is -0.336. The van der Waals surface area contributed by atoms with Gasteiger partial charge in [-0.15, -0.1) is 0 Å². The molecule has 0 amide bonds. The third-order valence-electron chi connectivity index (χ3n) is 2.68. The molecule has 1 aromatic carbocycles. The van der Waals surface area contributed by atoms with Crippen LogP contribution >= 0.6 is 0 Å². The average molecular weight is 222 g/mol. The van der Waals surface area contributed by atoms with E-state index in [9.17, 15) is 4.39 Å². The summed E-state index contributed by atoms with van der Waals surface area (Å²) >= 11 is 0. The Balaban J connectivity index is 2.45.